The van der Waals surface area contributed by atoms with Gasteiger partial charge in [-0.3, -0.25) is 0 Å². The van der Waals surface area contributed by atoms with Crippen molar-refractivity contribution in [3.05, 3.63) is 85.0 Å². The molecule has 0 unspecified atom stereocenters. The van der Waals surface area contributed by atoms with Gasteiger partial charge in [0.25, 0.3) is 0 Å². The van der Waals surface area contributed by atoms with E-state index in [0.29, 0.717) is 30.3 Å². The Morgan fingerprint density at radius 3 is 2.00 bits per heavy atom. The topological polar surface area (TPSA) is 108 Å². The quantitative estimate of drug-likeness (QED) is 0.226. The molecule has 0 aliphatic rings. The molecule has 0 aromatic heterocycles. The van der Waals surface area contributed by atoms with Crippen LogP contribution in [0.2, 0.25) is 0 Å². The molecule has 0 aliphatic carbocycles. The first kappa shape index (κ1) is 25.1. The molecule has 8 heteroatoms. The van der Waals surface area contributed by atoms with Crippen LogP contribution in [0, 0.1) is 0 Å². The highest BCUT2D eigenvalue weighted by Crippen LogP contribution is 2.18. The zero-order valence-electron chi connectivity index (χ0n) is 17.9. The lowest BCUT2D eigenvalue weighted by Crippen LogP contribution is -2.12. The molecule has 0 radical (unpaired) electrons. The standard InChI is InChI=1S/C25H24O8/c1-3-23(27)32-21-10-12-22(13-11-21)33-24(28)14-7-19-5-8-20(9-6-19)30-15-4-16-31-25(29)18(2)17-26/h3,5-14,26H,1-2,4,15-17H2/b14-7+. The molecular formula is C25H24O8. The second-order valence-corrected chi connectivity index (χ2v) is 6.52. The van der Waals surface area contributed by atoms with Crippen molar-refractivity contribution in [2.75, 3.05) is 19.8 Å². The third-order valence-electron chi connectivity index (χ3n) is 3.99. The van der Waals surface area contributed by atoms with Crippen molar-refractivity contribution in [1.82, 2.24) is 0 Å². The number of hydrogen-bond acceptors (Lipinski definition) is 8. The van der Waals surface area contributed by atoms with Crippen molar-refractivity contribution in [3.8, 4) is 17.2 Å². The summed E-state index contributed by atoms with van der Waals surface area (Å²) in [6.45, 7) is 6.76. The molecule has 0 aliphatic heterocycles. The van der Waals surface area contributed by atoms with Crippen LogP contribution in [0.15, 0.2) is 79.4 Å². The normalized spacial score (nSPS) is 10.3. The van der Waals surface area contributed by atoms with Crippen molar-refractivity contribution in [1.29, 1.82) is 0 Å². The third kappa shape index (κ3) is 9.24. The van der Waals surface area contributed by atoms with Gasteiger partial charge in [-0.1, -0.05) is 25.3 Å². The Balaban J connectivity index is 1.73. The van der Waals surface area contributed by atoms with Gasteiger partial charge in [0.15, 0.2) is 0 Å². The van der Waals surface area contributed by atoms with Crippen LogP contribution in [-0.2, 0) is 19.1 Å². The minimum Gasteiger partial charge on any atom is -0.493 e. The summed E-state index contributed by atoms with van der Waals surface area (Å²) in [5.41, 5.74) is 0.773. The number of hydrogen-bond donors (Lipinski definition) is 1. The van der Waals surface area contributed by atoms with E-state index in [1.54, 1.807) is 30.3 Å². The number of carbonyl (C=O) groups excluding carboxylic acids is 3. The fourth-order valence-corrected chi connectivity index (χ4v) is 2.30. The van der Waals surface area contributed by atoms with E-state index in [4.69, 9.17) is 24.1 Å². The van der Waals surface area contributed by atoms with Crippen LogP contribution in [-0.4, -0.2) is 42.8 Å². The Morgan fingerprint density at radius 2 is 1.42 bits per heavy atom. The zero-order valence-corrected chi connectivity index (χ0v) is 17.9. The summed E-state index contributed by atoms with van der Waals surface area (Å²) < 4.78 is 20.6. The van der Waals surface area contributed by atoms with Crippen LogP contribution in [0.3, 0.4) is 0 Å². The van der Waals surface area contributed by atoms with Crippen molar-refractivity contribution >= 4 is 24.0 Å². The van der Waals surface area contributed by atoms with E-state index in [0.717, 1.165) is 11.6 Å². The van der Waals surface area contributed by atoms with Crippen LogP contribution in [0.5, 0.6) is 17.2 Å². The molecule has 2 aromatic rings. The van der Waals surface area contributed by atoms with Crippen LogP contribution in [0.1, 0.15) is 12.0 Å². The first-order valence-corrected chi connectivity index (χ1v) is 9.94. The first-order valence-electron chi connectivity index (χ1n) is 9.94. The van der Waals surface area contributed by atoms with E-state index in [2.05, 4.69) is 13.2 Å². The maximum Gasteiger partial charge on any atom is 0.336 e. The van der Waals surface area contributed by atoms with Crippen LogP contribution in [0.25, 0.3) is 6.08 Å². The number of ether oxygens (including phenoxy) is 4. The second kappa shape index (κ2) is 13.3. The lowest BCUT2D eigenvalue weighted by atomic mass is 10.2. The molecule has 33 heavy (non-hydrogen) atoms. The summed E-state index contributed by atoms with van der Waals surface area (Å²) in [5.74, 6) is -0.532. The molecule has 0 saturated carbocycles. The highest BCUT2D eigenvalue weighted by atomic mass is 16.5. The largest absolute Gasteiger partial charge is 0.493 e. The van der Waals surface area contributed by atoms with Gasteiger partial charge in [0.05, 0.1) is 25.4 Å². The molecule has 2 aromatic carbocycles. The molecule has 0 atom stereocenters. The van der Waals surface area contributed by atoms with E-state index in [1.807, 2.05) is 0 Å². The van der Waals surface area contributed by atoms with Gasteiger partial charge in [-0.05, 0) is 48.0 Å². The molecule has 0 heterocycles. The number of aliphatic hydroxyl groups excluding tert-OH is 1. The molecule has 0 amide bonds. The molecule has 1 N–H and O–H groups in total. The predicted octanol–water partition coefficient (Wildman–Crippen LogP) is 3.26. The molecule has 0 spiro atoms. The van der Waals surface area contributed by atoms with Crippen molar-refractivity contribution in [2.45, 2.75) is 6.42 Å². The Kier molecular flexibility index (Phi) is 10.1. The van der Waals surface area contributed by atoms with Gasteiger partial charge < -0.3 is 24.1 Å². The molecule has 0 fully saturated rings. The first-order chi connectivity index (χ1) is 15.9. The summed E-state index contributed by atoms with van der Waals surface area (Å²) in [6.07, 6.45) is 4.42. The summed E-state index contributed by atoms with van der Waals surface area (Å²) in [5, 5.41) is 8.78. The van der Waals surface area contributed by atoms with Crippen molar-refractivity contribution in [2.24, 2.45) is 0 Å². The number of carbonyl (C=O) groups is 3. The van der Waals surface area contributed by atoms with Crippen molar-refractivity contribution in [3.63, 3.8) is 0 Å². The van der Waals surface area contributed by atoms with Gasteiger partial charge in [0.1, 0.15) is 17.2 Å². The molecule has 0 saturated heterocycles. The van der Waals surface area contributed by atoms with Gasteiger partial charge >= 0.3 is 17.9 Å². The maximum atomic E-state index is 12.0. The van der Waals surface area contributed by atoms with Gasteiger partial charge in [0.2, 0.25) is 0 Å². The number of rotatable bonds is 12. The van der Waals surface area contributed by atoms with Crippen LogP contribution in [0.4, 0.5) is 0 Å². The fraction of sp³-hybridized carbons (Fsp3) is 0.160. The summed E-state index contributed by atoms with van der Waals surface area (Å²) >= 11 is 0. The maximum absolute atomic E-state index is 12.0. The summed E-state index contributed by atoms with van der Waals surface area (Å²) in [4.78, 5) is 34.5. The van der Waals surface area contributed by atoms with E-state index in [1.165, 1.54) is 30.3 Å². The zero-order chi connectivity index (χ0) is 24.1. The molecule has 2 rings (SSSR count). The summed E-state index contributed by atoms with van der Waals surface area (Å²) in [7, 11) is 0. The Hall–Kier alpha value is -4.17. The van der Waals surface area contributed by atoms with Gasteiger partial charge in [-0.2, -0.15) is 0 Å². The van der Waals surface area contributed by atoms with Gasteiger partial charge in [0, 0.05) is 18.6 Å². The van der Waals surface area contributed by atoms with Crippen LogP contribution < -0.4 is 14.2 Å². The third-order valence-corrected chi connectivity index (χ3v) is 3.99. The Labute approximate surface area is 191 Å². The monoisotopic (exact) mass is 452 g/mol. The van der Waals surface area contributed by atoms with E-state index >= 15 is 0 Å². The predicted molar refractivity (Wildman–Crippen MR) is 121 cm³/mol. The highest BCUT2D eigenvalue weighted by molar-refractivity contribution is 5.89. The van der Waals surface area contributed by atoms with Crippen molar-refractivity contribution < 1.29 is 38.4 Å². The Bertz CT molecular complexity index is 1000. The van der Waals surface area contributed by atoms with E-state index in [-0.39, 0.29) is 12.2 Å². The van der Waals surface area contributed by atoms with E-state index in [9.17, 15) is 14.4 Å². The SMILES string of the molecule is C=CC(=O)Oc1ccc(OC(=O)/C=C/c2ccc(OCCCOC(=O)C(=C)CO)cc2)cc1. The average Bonchev–Trinajstić information content (AvgIpc) is 2.83. The smallest absolute Gasteiger partial charge is 0.336 e. The highest BCUT2D eigenvalue weighted by Gasteiger charge is 2.06. The minimum atomic E-state index is -0.627. The molecule has 8 nitrogen and oxygen atoms in total. The Morgan fingerprint density at radius 1 is 0.848 bits per heavy atom. The molecule has 0 bridgehead atoms. The van der Waals surface area contributed by atoms with Crippen LogP contribution >= 0.6 is 0 Å². The fourth-order valence-electron chi connectivity index (χ4n) is 2.30. The van der Waals surface area contributed by atoms with Gasteiger partial charge in [-0.25, -0.2) is 14.4 Å². The number of esters is 3. The minimum absolute atomic E-state index is 0.00731. The number of aliphatic hydroxyl groups is 1. The average molecular weight is 452 g/mol. The van der Waals surface area contributed by atoms with Gasteiger partial charge in [-0.15, -0.1) is 0 Å². The molecular weight excluding hydrogens is 428 g/mol. The summed E-state index contributed by atoms with van der Waals surface area (Å²) in [6, 6.07) is 13.0. The lowest BCUT2D eigenvalue weighted by Gasteiger charge is -2.07. The lowest BCUT2D eigenvalue weighted by molar-refractivity contribution is -0.139. The number of benzene rings is 2. The second-order valence-electron chi connectivity index (χ2n) is 6.52. The molecule has 172 valence electrons. The van der Waals surface area contributed by atoms with E-state index < -0.39 is 24.5 Å².